The Morgan fingerprint density at radius 1 is 0.808 bits per heavy atom. The van der Waals surface area contributed by atoms with Gasteiger partial charge in [-0.1, -0.05) is 48.5 Å². The van der Waals surface area contributed by atoms with Crippen LogP contribution in [0.25, 0.3) is 22.2 Å². The van der Waals surface area contributed by atoms with Crippen LogP contribution in [0.3, 0.4) is 0 Å². The minimum absolute atomic E-state index is 0.523. The van der Waals surface area contributed by atoms with Gasteiger partial charge < -0.3 is 10.1 Å². The van der Waals surface area contributed by atoms with E-state index in [9.17, 15) is 0 Å². The van der Waals surface area contributed by atoms with Gasteiger partial charge in [0, 0.05) is 11.8 Å². The van der Waals surface area contributed by atoms with Crippen LogP contribution in [0.4, 0.5) is 5.82 Å². The third-order valence-corrected chi connectivity index (χ3v) is 4.03. The molecule has 0 aliphatic rings. The summed E-state index contributed by atoms with van der Waals surface area (Å²) in [5, 5.41) is 4.20. The summed E-state index contributed by atoms with van der Waals surface area (Å²) in [5.74, 6) is 1.64. The molecule has 0 saturated heterocycles. The molecule has 0 saturated carbocycles. The summed E-state index contributed by atoms with van der Waals surface area (Å²) in [5.41, 5.74) is 2.91. The quantitative estimate of drug-likeness (QED) is 0.533. The highest BCUT2D eigenvalue weighted by Crippen LogP contribution is 2.29. The monoisotopic (exact) mass is 342 g/mol. The minimum atomic E-state index is 0.523. The molecule has 0 amide bonds. The molecule has 4 aromatic rings. The molecular weight excluding hydrogens is 324 g/mol. The smallest absolute Gasteiger partial charge is 0.164 e. The number of hydrogen-bond acceptors (Lipinski definition) is 5. The number of nitrogens with one attached hydrogen (secondary N) is 1. The predicted molar refractivity (Wildman–Crippen MR) is 103 cm³/mol. The van der Waals surface area contributed by atoms with Crippen molar-refractivity contribution >= 4 is 16.9 Å². The molecule has 128 valence electrons. The number of nitrogens with zero attached hydrogens (tertiary/aromatic N) is 3. The Bertz CT molecular complexity index is 999. The van der Waals surface area contributed by atoms with E-state index in [4.69, 9.17) is 4.74 Å². The number of rotatable bonds is 6. The van der Waals surface area contributed by atoms with Gasteiger partial charge in [-0.25, -0.2) is 15.0 Å². The van der Waals surface area contributed by atoms with Gasteiger partial charge in [0.15, 0.2) is 5.65 Å². The highest BCUT2D eigenvalue weighted by atomic mass is 16.5. The molecule has 0 aliphatic carbocycles. The van der Waals surface area contributed by atoms with E-state index in [0.717, 1.165) is 28.1 Å². The largest absolute Gasteiger partial charge is 0.491 e. The third kappa shape index (κ3) is 3.47. The number of hydrogen-bond donors (Lipinski definition) is 1. The average molecular weight is 342 g/mol. The fourth-order valence-corrected chi connectivity index (χ4v) is 2.82. The van der Waals surface area contributed by atoms with Crippen LogP contribution in [-0.2, 0) is 0 Å². The van der Waals surface area contributed by atoms with Crippen LogP contribution in [0.1, 0.15) is 0 Å². The van der Waals surface area contributed by atoms with Crippen LogP contribution in [0.5, 0.6) is 5.75 Å². The lowest BCUT2D eigenvalue weighted by molar-refractivity contribution is 0.334. The zero-order valence-corrected chi connectivity index (χ0v) is 14.2. The molecule has 2 aromatic heterocycles. The number of fused-ring (bicyclic) bond motifs is 1. The molecule has 0 spiro atoms. The fourth-order valence-electron chi connectivity index (χ4n) is 2.82. The number of benzene rings is 2. The van der Waals surface area contributed by atoms with Crippen molar-refractivity contribution in [1.82, 2.24) is 15.0 Å². The molecule has 5 nitrogen and oxygen atoms in total. The first-order chi connectivity index (χ1) is 12.9. The standard InChI is InChI=1S/C21H18N4O/c1-2-7-16(8-3-1)17-9-4-5-11-19(17)26-14-13-23-21-18-10-6-12-22-20(18)24-15-25-21/h1-12,15H,13-14H2,(H,22,23,24,25). The first-order valence-corrected chi connectivity index (χ1v) is 8.49. The van der Waals surface area contributed by atoms with E-state index in [1.807, 2.05) is 48.5 Å². The van der Waals surface area contributed by atoms with E-state index in [2.05, 4.69) is 38.5 Å². The fraction of sp³-hybridized carbons (Fsp3) is 0.0952. The maximum Gasteiger partial charge on any atom is 0.164 e. The Labute approximate surface area is 151 Å². The second kappa shape index (κ2) is 7.61. The topological polar surface area (TPSA) is 59.9 Å². The Kier molecular flexibility index (Phi) is 4.69. The molecule has 0 radical (unpaired) electrons. The first kappa shape index (κ1) is 16.0. The van der Waals surface area contributed by atoms with Crippen molar-refractivity contribution in [3.05, 3.63) is 79.3 Å². The van der Waals surface area contributed by atoms with Gasteiger partial charge in [-0.05, 0) is 23.8 Å². The number of ether oxygens (including phenoxy) is 1. The van der Waals surface area contributed by atoms with Crippen molar-refractivity contribution in [2.75, 3.05) is 18.5 Å². The normalized spacial score (nSPS) is 10.6. The Hall–Kier alpha value is -3.47. The Balaban J connectivity index is 1.43. The number of anilines is 1. The molecule has 0 bridgehead atoms. The van der Waals surface area contributed by atoms with Crippen molar-refractivity contribution in [3.8, 4) is 16.9 Å². The van der Waals surface area contributed by atoms with Crippen LogP contribution in [0.15, 0.2) is 79.3 Å². The van der Waals surface area contributed by atoms with E-state index in [0.29, 0.717) is 18.8 Å². The van der Waals surface area contributed by atoms with Crippen molar-refractivity contribution in [3.63, 3.8) is 0 Å². The highest BCUT2D eigenvalue weighted by molar-refractivity contribution is 5.85. The van der Waals surface area contributed by atoms with E-state index in [1.54, 1.807) is 6.20 Å². The second-order valence-corrected chi connectivity index (χ2v) is 5.73. The highest BCUT2D eigenvalue weighted by Gasteiger charge is 2.06. The van der Waals surface area contributed by atoms with Crippen LogP contribution >= 0.6 is 0 Å². The predicted octanol–water partition coefficient (Wildman–Crippen LogP) is 4.18. The van der Waals surface area contributed by atoms with Crippen molar-refractivity contribution < 1.29 is 4.74 Å². The Morgan fingerprint density at radius 2 is 1.65 bits per heavy atom. The molecule has 5 heteroatoms. The van der Waals surface area contributed by atoms with Gasteiger partial charge in [-0.3, -0.25) is 0 Å². The lowest BCUT2D eigenvalue weighted by atomic mass is 10.1. The van der Waals surface area contributed by atoms with Crippen LogP contribution in [0, 0.1) is 0 Å². The Morgan fingerprint density at radius 3 is 2.58 bits per heavy atom. The molecule has 1 N–H and O–H groups in total. The van der Waals surface area contributed by atoms with E-state index >= 15 is 0 Å². The zero-order valence-electron chi connectivity index (χ0n) is 14.2. The molecule has 0 fully saturated rings. The van der Waals surface area contributed by atoms with E-state index < -0.39 is 0 Å². The van der Waals surface area contributed by atoms with Crippen LogP contribution in [0.2, 0.25) is 0 Å². The molecule has 0 aliphatic heterocycles. The second-order valence-electron chi connectivity index (χ2n) is 5.73. The molecule has 2 heterocycles. The third-order valence-electron chi connectivity index (χ3n) is 4.03. The van der Waals surface area contributed by atoms with Gasteiger partial charge in [-0.2, -0.15) is 0 Å². The number of pyridine rings is 1. The van der Waals surface area contributed by atoms with Gasteiger partial charge in [0.05, 0.1) is 11.9 Å². The SMILES string of the molecule is c1ccc(-c2ccccc2OCCNc2ncnc3ncccc23)cc1. The van der Waals surface area contributed by atoms with Crippen molar-refractivity contribution in [2.24, 2.45) is 0 Å². The molecule has 26 heavy (non-hydrogen) atoms. The van der Waals surface area contributed by atoms with Gasteiger partial charge in [0.1, 0.15) is 24.5 Å². The van der Waals surface area contributed by atoms with Gasteiger partial charge >= 0.3 is 0 Å². The zero-order chi connectivity index (χ0) is 17.6. The number of aromatic nitrogens is 3. The number of para-hydroxylation sites is 1. The molecule has 2 aromatic carbocycles. The lowest BCUT2D eigenvalue weighted by Gasteiger charge is -2.13. The average Bonchev–Trinajstić information content (AvgIpc) is 2.72. The maximum atomic E-state index is 6.00. The summed E-state index contributed by atoms with van der Waals surface area (Å²) in [6, 6.07) is 22.1. The van der Waals surface area contributed by atoms with Crippen molar-refractivity contribution in [2.45, 2.75) is 0 Å². The summed E-state index contributed by atoms with van der Waals surface area (Å²) in [6.07, 6.45) is 3.24. The van der Waals surface area contributed by atoms with Crippen LogP contribution in [-0.4, -0.2) is 28.1 Å². The molecule has 0 atom stereocenters. The first-order valence-electron chi connectivity index (χ1n) is 8.49. The van der Waals surface area contributed by atoms with Crippen molar-refractivity contribution in [1.29, 1.82) is 0 Å². The summed E-state index contributed by atoms with van der Waals surface area (Å²) in [6.45, 7) is 1.15. The van der Waals surface area contributed by atoms with Gasteiger partial charge in [0.2, 0.25) is 0 Å². The minimum Gasteiger partial charge on any atom is -0.491 e. The summed E-state index contributed by atoms with van der Waals surface area (Å²) in [4.78, 5) is 12.7. The lowest BCUT2D eigenvalue weighted by Crippen LogP contribution is -2.13. The van der Waals surface area contributed by atoms with Gasteiger partial charge in [-0.15, -0.1) is 0 Å². The summed E-state index contributed by atoms with van der Waals surface area (Å²) in [7, 11) is 0. The molecule has 4 rings (SSSR count). The summed E-state index contributed by atoms with van der Waals surface area (Å²) < 4.78 is 6.00. The van der Waals surface area contributed by atoms with E-state index in [-0.39, 0.29) is 0 Å². The summed E-state index contributed by atoms with van der Waals surface area (Å²) >= 11 is 0. The van der Waals surface area contributed by atoms with Gasteiger partial charge in [0.25, 0.3) is 0 Å². The van der Waals surface area contributed by atoms with E-state index in [1.165, 1.54) is 6.33 Å². The molecule has 0 unspecified atom stereocenters. The molecular formula is C21H18N4O. The maximum absolute atomic E-state index is 6.00. The van der Waals surface area contributed by atoms with Crippen LogP contribution < -0.4 is 10.1 Å².